The van der Waals surface area contributed by atoms with E-state index in [1.807, 2.05) is 56.7 Å². The molecule has 1 heterocycles. The van der Waals surface area contributed by atoms with Crippen LogP contribution in [0, 0.1) is 0 Å². The van der Waals surface area contributed by atoms with E-state index in [1.165, 1.54) is 11.8 Å². The van der Waals surface area contributed by atoms with Gasteiger partial charge in [-0.2, -0.15) is 0 Å². The van der Waals surface area contributed by atoms with Crippen molar-refractivity contribution in [1.29, 1.82) is 0 Å². The molecule has 7 heteroatoms. The number of hydrogen-bond donors (Lipinski definition) is 0. The van der Waals surface area contributed by atoms with Gasteiger partial charge in [-0.25, -0.2) is 0 Å². The molecule has 0 fully saturated rings. The fourth-order valence-electron chi connectivity index (χ4n) is 1.93. The molecule has 0 aliphatic heterocycles. The van der Waals surface area contributed by atoms with E-state index in [1.54, 1.807) is 7.11 Å². The number of carbonyl (C=O) groups is 1. The molecule has 0 amide bonds. The van der Waals surface area contributed by atoms with Crippen LogP contribution in [0.5, 0.6) is 5.75 Å². The zero-order chi connectivity index (χ0) is 17.0. The van der Waals surface area contributed by atoms with Gasteiger partial charge in [0.15, 0.2) is 11.0 Å². The summed E-state index contributed by atoms with van der Waals surface area (Å²) in [5.74, 6) is 1.46. The number of esters is 1. The van der Waals surface area contributed by atoms with E-state index in [4.69, 9.17) is 9.47 Å². The minimum Gasteiger partial charge on any atom is -0.497 e. The Kier molecular flexibility index (Phi) is 5.30. The maximum absolute atomic E-state index is 11.8. The molecule has 0 atom stereocenters. The molecule has 0 saturated carbocycles. The van der Waals surface area contributed by atoms with Crippen LogP contribution in [0.2, 0.25) is 0 Å². The second-order valence-corrected chi connectivity index (χ2v) is 6.91. The van der Waals surface area contributed by atoms with E-state index in [9.17, 15) is 4.79 Å². The van der Waals surface area contributed by atoms with Crippen LogP contribution in [-0.2, 0) is 16.6 Å². The van der Waals surface area contributed by atoms with Crippen LogP contribution in [0.1, 0.15) is 20.8 Å². The molecule has 1 aromatic carbocycles. The Bertz CT molecular complexity index is 675. The normalized spacial score (nSPS) is 11.3. The number of benzene rings is 1. The fraction of sp³-hybridized carbons (Fsp3) is 0.438. The number of aromatic nitrogens is 3. The highest BCUT2D eigenvalue weighted by Crippen LogP contribution is 2.24. The van der Waals surface area contributed by atoms with Gasteiger partial charge >= 0.3 is 5.97 Å². The summed E-state index contributed by atoms with van der Waals surface area (Å²) in [5, 5.41) is 9.00. The highest BCUT2D eigenvalue weighted by Gasteiger charge is 2.18. The molecule has 6 nitrogen and oxygen atoms in total. The third-order valence-electron chi connectivity index (χ3n) is 2.92. The number of hydrogen-bond acceptors (Lipinski definition) is 6. The van der Waals surface area contributed by atoms with Crippen molar-refractivity contribution in [1.82, 2.24) is 14.8 Å². The molecule has 2 aromatic rings. The van der Waals surface area contributed by atoms with Crippen molar-refractivity contribution in [3.63, 3.8) is 0 Å². The average molecular weight is 335 g/mol. The van der Waals surface area contributed by atoms with Crippen LogP contribution in [0.25, 0.3) is 11.4 Å². The monoisotopic (exact) mass is 335 g/mol. The van der Waals surface area contributed by atoms with Crippen LogP contribution in [0.3, 0.4) is 0 Å². The van der Waals surface area contributed by atoms with Gasteiger partial charge in [0.05, 0.1) is 12.9 Å². The Balaban J connectivity index is 2.05. The molecule has 2 rings (SSSR count). The van der Waals surface area contributed by atoms with E-state index in [-0.39, 0.29) is 11.7 Å². The van der Waals surface area contributed by atoms with Gasteiger partial charge in [-0.3, -0.25) is 4.79 Å². The minimum absolute atomic E-state index is 0.200. The van der Waals surface area contributed by atoms with Crippen LogP contribution in [-0.4, -0.2) is 39.2 Å². The van der Waals surface area contributed by atoms with Crippen LogP contribution in [0.15, 0.2) is 29.4 Å². The van der Waals surface area contributed by atoms with Gasteiger partial charge in [0.25, 0.3) is 0 Å². The molecule has 0 aliphatic carbocycles. The summed E-state index contributed by atoms with van der Waals surface area (Å²) in [6.45, 7) is 5.54. The lowest BCUT2D eigenvalue weighted by Crippen LogP contribution is -2.25. The Morgan fingerprint density at radius 2 is 1.87 bits per heavy atom. The van der Waals surface area contributed by atoms with Gasteiger partial charge < -0.3 is 14.0 Å². The number of methoxy groups -OCH3 is 1. The lowest BCUT2D eigenvalue weighted by atomic mass is 10.2. The molecule has 23 heavy (non-hydrogen) atoms. The second-order valence-electron chi connectivity index (χ2n) is 5.97. The van der Waals surface area contributed by atoms with Crippen molar-refractivity contribution < 1.29 is 14.3 Å². The van der Waals surface area contributed by atoms with Gasteiger partial charge in [0.2, 0.25) is 0 Å². The number of thioether (sulfide) groups is 1. The van der Waals surface area contributed by atoms with Crippen molar-refractivity contribution in [2.45, 2.75) is 31.5 Å². The molecule has 0 spiro atoms. The topological polar surface area (TPSA) is 66.2 Å². The number of nitrogens with zero attached hydrogens (tertiary/aromatic N) is 3. The zero-order valence-corrected chi connectivity index (χ0v) is 14.8. The summed E-state index contributed by atoms with van der Waals surface area (Å²) < 4.78 is 12.3. The first-order valence-corrected chi connectivity index (χ1v) is 8.17. The van der Waals surface area contributed by atoms with Crippen molar-refractivity contribution in [2.75, 3.05) is 12.9 Å². The maximum atomic E-state index is 11.8. The van der Waals surface area contributed by atoms with Crippen molar-refractivity contribution >= 4 is 17.7 Å². The molecular formula is C16H21N3O3S. The van der Waals surface area contributed by atoms with Gasteiger partial charge in [-0.15, -0.1) is 10.2 Å². The predicted molar refractivity (Wildman–Crippen MR) is 89.6 cm³/mol. The standard InChI is InChI=1S/C16H21N3O3S/c1-16(2,3)22-13(20)10-23-15-18-17-14(19(15)4)11-6-8-12(21-5)9-7-11/h6-9H,10H2,1-5H3. The van der Waals surface area contributed by atoms with Gasteiger partial charge in [-0.1, -0.05) is 11.8 Å². The molecule has 0 bridgehead atoms. The summed E-state index contributed by atoms with van der Waals surface area (Å²) in [7, 11) is 3.50. The minimum atomic E-state index is -0.480. The van der Waals surface area contributed by atoms with E-state index >= 15 is 0 Å². The smallest absolute Gasteiger partial charge is 0.316 e. The van der Waals surface area contributed by atoms with Gasteiger partial charge in [-0.05, 0) is 45.0 Å². The third-order valence-corrected chi connectivity index (χ3v) is 3.92. The highest BCUT2D eigenvalue weighted by atomic mass is 32.2. The summed E-state index contributed by atoms with van der Waals surface area (Å²) >= 11 is 1.31. The molecule has 0 N–H and O–H groups in total. The Morgan fingerprint density at radius 3 is 2.43 bits per heavy atom. The number of carbonyl (C=O) groups excluding carboxylic acids is 1. The highest BCUT2D eigenvalue weighted by molar-refractivity contribution is 7.99. The summed E-state index contributed by atoms with van der Waals surface area (Å²) in [4.78, 5) is 11.8. The Labute approximate surface area is 140 Å². The van der Waals surface area contributed by atoms with E-state index in [2.05, 4.69) is 10.2 Å². The third kappa shape index (κ3) is 4.72. The first-order valence-electron chi connectivity index (χ1n) is 7.18. The number of rotatable bonds is 5. The summed E-state index contributed by atoms with van der Waals surface area (Å²) in [6, 6.07) is 7.59. The first kappa shape index (κ1) is 17.3. The largest absolute Gasteiger partial charge is 0.497 e. The lowest BCUT2D eigenvalue weighted by Gasteiger charge is -2.19. The fourth-order valence-corrected chi connectivity index (χ4v) is 2.61. The molecule has 0 saturated heterocycles. The molecule has 0 unspecified atom stereocenters. The molecule has 0 radical (unpaired) electrons. The van der Waals surface area contributed by atoms with Crippen LogP contribution < -0.4 is 4.74 Å². The van der Waals surface area contributed by atoms with Crippen LogP contribution in [0.4, 0.5) is 0 Å². The van der Waals surface area contributed by atoms with Crippen molar-refractivity contribution in [3.05, 3.63) is 24.3 Å². The molecule has 0 aliphatic rings. The number of ether oxygens (including phenoxy) is 2. The lowest BCUT2D eigenvalue weighted by molar-refractivity contribution is -0.151. The van der Waals surface area contributed by atoms with Gasteiger partial charge in [0.1, 0.15) is 11.4 Å². The van der Waals surface area contributed by atoms with Crippen molar-refractivity contribution in [2.24, 2.45) is 7.05 Å². The molecular weight excluding hydrogens is 314 g/mol. The summed E-state index contributed by atoms with van der Waals surface area (Å²) in [6.07, 6.45) is 0. The quantitative estimate of drug-likeness (QED) is 0.618. The molecule has 124 valence electrons. The van der Waals surface area contributed by atoms with Crippen molar-refractivity contribution in [3.8, 4) is 17.1 Å². The van der Waals surface area contributed by atoms with E-state index in [0.29, 0.717) is 5.16 Å². The average Bonchev–Trinajstić information content (AvgIpc) is 2.84. The molecule has 1 aromatic heterocycles. The van der Waals surface area contributed by atoms with E-state index in [0.717, 1.165) is 17.1 Å². The van der Waals surface area contributed by atoms with Gasteiger partial charge in [0, 0.05) is 12.6 Å². The zero-order valence-electron chi connectivity index (χ0n) is 14.0. The Hall–Kier alpha value is -2.02. The Morgan fingerprint density at radius 1 is 1.22 bits per heavy atom. The van der Waals surface area contributed by atoms with E-state index < -0.39 is 5.60 Å². The van der Waals surface area contributed by atoms with Crippen LogP contribution >= 0.6 is 11.8 Å². The predicted octanol–water partition coefficient (Wildman–Crippen LogP) is 2.92. The first-order chi connectivity index (χ1) is 10.8. The maximum Gasteiger partial charge on any atom is 0.316 e. The summed E-state index contributed by atoms with van der Waals surface area (Å²) in [5.41, 5.74) is 0.455. The second kappa shape index (κ2) is 7.04. The SMILES string of the molecule is COc1ccc(-c2nnc(SCC(=O)OC(C)(C)C)n2C)cc1.